The SMILES string of the molecule is CC(C)c1cccc(C(C)C)c1-n1c(-c2[c-]ccc3c2oc2c(-c4cc5c6c(c4)-n4c7ccc(C(C)(C)C)cc7c7cc(C(C)(C)C)cc(c74)B6c4cc(C(C)(C)C)ccc4N5c4ccc(C(C)(C)C)cc4)cccc23)nc2ccccc21.Cc1cnc(-c2[c-]cc(F)cc2)cc1C.[Ir]. The van der Waals surface area contributed by atoms with Crippen LogP contribution in [0.1, 0.15) is 167 Å². The Morgan fingerprint density at radius 1 is 0.515 bits per heavy atom. The van der Waals surface area contributed by atoms with Crippen molar-refractivity contribution in [3.63, 3.8) is 0 Å². The molecule has 1 radical (unpaired) electrons. The van der Waals surface area contributed by atoms with Gasteiger partial charge in [-0.3, -0.25) is 9.37 Å². The van der Waals surface area contributed by atoms with E-state index in [2.05, 4.69) is 300 Å². The fraction of sp³-hybridized carbons (Fsp3) is 0.267. The van der Waals surface area contributed by atoms with Gasteiger partial charge in [0.15, 0.2) is 0 Å². The van der Waals surface area contributed by atoms with Crippen molar-refractivity contribution in [2.75, 3.05) is 4.90 Å². The predicted molar refractivity (Wildman–Crippen MR) is 413 cm³/mol. The summed E-state index contributed by atoms with van der Waals surface area (Å²) in [7, 11) is 0. The molecule has 0 fully saturated rings. The number of halogens is 1. The monoisotopic (exact) mass is 1480 g/mol. The minimum atomic E-state index is -0.275. The molecule has 0 spiro atoms. The zero-order valence-electron chi connectivity index (χ0n) is 60.5. The molecule has 2 aliphatic heterocycles. The second-order valence-corrected chi connectivity index (χ2v) is 32.4. The first-order valence-electron chi connectivity index (χ1n) is 35.0. The summed E-state index contributed by atoms with van der Waals surface area (Å²) in [6.07, 6.45) is 1.82. The van der Waals surface area contributed by atoms with E-state index in [0.717, 1.165) is 78.0 Å². The van der Waals surface area contributed by atoms with Crippen LogP contribution < -0.4 is 21.3 Å². The number of hydrogen-bond acceptors (Lipinski definition) is 4. The van der Waals surface area contributed by atoms with Gasteiger partial charge in [0.1, 0.15) is 5.58 Å². The van der Waals surface area contributed by atoms with Gasteiger partial charge in [0.25, 0.3) is 6.71 Å². The van der Waals surface area contributed by atoms with Crippen molar-refractivity contribution in [1.29, 1.82) is 0 Å². The molecule has 99 heavy (non-hydrogen) atoms. The summed E-state index contributed by atoms with van der Waals surface area (Å²) in [4.78, 5) is 12.4. The molecule has 0 saturated carbocycles. The third kappa shape index (κ3) is 11.4. The molecular weight excluding hydrogens is 1390 g/mol. The first-order chi connectivity index (χ1) is 46.5. The normalized spacial score (nSPS) is 13.1. The molecular formula is C90H87BFIrN5O-2. The van der Waals surface area contributed by atoms with Crippen LogP contribution in [0.5, 0.6) is 0 Å². The Kier molecular flexibility index (Phi) is 16.5. The summed E-state index contributed by atoms with van der Waals surface area (Å²) in [5.74, 6) is 1.12. The van der Waals surface area contributed by atoms with Gasteiger partial charge in [0.2, 0.25) is 0 Å². The average Bonchev–Trinajstić information content (AvgIpc) is 1.64. The standard InChI is InChI=1S/C77H76BN4O.C13H11FN.Ir/c1-44(2)52-22-19-23-53(45(3)4)69(52)82-65-29-18-17-28-62(65)79-73(82)57-27-21-26-56-55-25-20-24-54(71(55)83-72(56)57)46-38-66-68-67(39-46)81-63-36-32-48(75(8,9)10)40-58(63)59-41-50(77(14,15)16)43-61(70(59)81)78(68)60-42-49(76(11,12)13)33-37-64(60)80(66)51-34-30-47(31-35-51)74(5,6)7;1-9-7-13(15-8-10(9)2)11-3-5-12(14)6-4-11;/h17-26,28-45H,1-16H3;3,5-8H,1-2H3;/q2*-1;. The summed E-state index contributed by atoms with van der Waals surface area (Å²) in [5, 5.41) is 4.70. The number of hydrogen-bond donors (Lipinski definition) is 0. The maximum atomic E-state index is 12.7. The summed E-state index contributed by atoms with van der Waals surface area (Å²) >= 11 is 0. The molecule has 2 aliphatic rings. The number of anilines is 3. The van der Waals surface area contributed by atoms with Gasteiger partial charge in [0.05, 0.1) is 28.0 Å². The average molecular weight is 1480 g/mol. The third-order valence-electron chi connectivity index (χ3n) is 20.8. The van der Waals surface area contributed by atoms with Gasteiger partial charge >= 0.3 is 0 Å². The van der Waals surface area contributed by atoms with Crippen molar-refractivity contribution in [1.82, 2.24) is 19.1 Å². The maximum Gasteiger partial charge on any atom is 0.252 e. The zero-order valence-corrected chi connectivity index (χ0v) is 62.9. The molecule has 0 bridgehead atoms. The van der Waals surface area contributed by atoms with E-state index in [9.17, 15) is 4.39 Å². The van der Waals surface area contributed by atoms with Crippen molar-refractivity contribution in [3.8, 4) is 45.1 Å². The minimum absolute atomic E-state index is 0. The molecule has 0 saturated heterocycles. The van der Waals surface area contributed by atoms with Crippen LogP contribution in [-0.2, 0) is 41.8 Å². The van der Waals surface area contributed by atoms with Gasteiger partial charge < -0.3 is 23.4 Å². The van der Waals surface area contributed by atoms with E-state index in [1.165, 1.54) is 112 Å². The van der Waals surface area contributed by atoms with Crippen molar-refractivity contribution < 1.29 is 28.9 Å². The van der Waals surface area contributed by atoms with Crippen LogP contribution in [0, 0.1) is 31.8 Å². The minimum Gasteiger partial charge on any atom is -0.500 e. The second kappa shape index (κ2) is 24.3. The molecule has 0 unspecified atom stereocenters. The molecule has 16 rings (SSSR count). The van der Waals surface area contributed by atoms with Crippen molar-refractivity contribution in [3.05, 3.63) is 251 Å². The first kappa shape index (κ1) is 67.1. The molecule has 0 amide bonds. The Morgan fingerprint density at radius 2 is 1.14 bits per heavy atom. The number of fused-ring (bicyclic) bond motifs is 11. The summed E-state index contributed by atoms with van der Waals surface area (Å²) in [5.41, 5.74) is 30.7. The summed E-state index contributed by atoms with van der Waals surface area (Å²) in [6, 6.07) is 73.3. The van der Waals surface area contributed by atoms with E-state index in [1.54, 1.807) is 6.07 Å². The number of pyridine rings is 1. The molecule has 14 aromatic rings. The fourth-order valence-electron chi connectivity index (χ4n) is 15.1. The fourth-order valence-corrected chi connectivity index (χ4v) is 15.1. The quantitative estimate of drug-likeness (QED) is 0.118. The van der Waals surface area contributed by atoms with E-state index in [-0.39, 0.29) is 66.1 Å². The Balaban J connectivity index is 0.000000462. The molecule has 6 nitrogen and oxygen atoms in total. The predicted octanol–water partition coefficient (Wildman–Crippen LogP) is 22.5. The van der Waals surface area contributed by atoms with Gasteiger partial charge in [-0.25, -0.2) is 0 Å². The van der Waals surface area contributed by atoms with Crippen molar-refractivity contribution in [2.24, 2.45) is 0 Å². The maximum absolute atomic E-state index is 12.7. The number of imidazole rings is 1. The van der Waals surface area contributed by atoms with Gasteiger partial charge in [-0.2, -0.15) is 0 Å². The topological polar surface area (TPSA) is 52.0 Å². The Hall–Kier alpha value is -9.14. The van der Waals surface area contributed by atoms with Gasteiger partial charge in [-0.05, 0) is 175 Å². The molecule has 6 heterocycles. The van der Waals surface area contributed by atoms with E-state index in [0.29, 0.717) is 0 Å². The van der Waals surface area contributed by atoms with Crippen LogP contribution in [0.15, 0.2) is 193 Å². The smallest absolute Gasteiger partial charge is 0.252 e. The van der Waals surface area contributed by atoms with E-state index >= 15 is 0 Å². The van der Waals surface area contributed by atoms with Crippen LogP contribution in [0.3, 0.4) is 0 Å². The molecule has 0 atom stereocenters. The van der Waals surface area contributed by atoms with Gasteiger partial charge in [-0.15, -0.1) is 48.0 Å². The second-order valence-electron chi connectivity index (χ2n) is 32.4. The Labute approximate surface area is 597 Å². The molecule has 499 valence electrons. The first-order valence-corrected chi connectivity index (χ1v) is 35.0. The number of furan rings is 1. The molecule has 10 aromatic carbocycles. The van der Waals surface area contributed by atoms with Gasteiger partial charge in [-0.1, -0.05) is 218 Å². The third-order valence-corrected chi connectivity index (χ3v) is 20.8. The van der Waals surface area contributed by atoms with Crippen LogP contribution >= 0.6 is 0 Å². The summed E-state index contributed by atoms with van der Waals surface area (Å²) in [6.45, 7) is 41.2. The Bertz CT molecular complexity index is 5520. The Morgan fingerprint density at radius 3 is 1.81 bits per heavy atom. The number of para-hydroxylation sites is 4. The van der Waals surface area contributed by atoms with Crippen LogP contribution in [0.2, 0.25) is 0 Å². The van der Waals surface area contributed by atoms with Crippen LogP contribution in [0.25, 0.3) is 99.9 Å². The zero-order chi connectivity index (χ0) is 69.0. The van der Waals surface area contributed by atoms with E-state index in [1.807, 2.05) is 26.1 Å². The molecule has 9 heteroatoms. The van der Waals surface area contributed by atoms with Gasteiger partial charge in [0, 0.05) is 87.8 Å². The van der Waals surface area contributed by atoms with Crippen molar-refractivity contribution >= 4 is 94.9 Å². The molecule has 0 aliphatic carbocycles. The number of benzene rings is 10. The van der Waals surface area contributed by atoms with E-state index in [4.69, 9.17) is 9.40 Å². The largest absolute Gasteiger partial charge is 0.500 e. The van der Waals surface area contributed by atoms with Crippen LogP contribution in [-0.4, -0.2) is 25.8 Å². The van der Waals surface area contributed by atoms with Crippen molar-refractivity contribution in [2.45, 2.75) is 158 Å². The molecule has 4 aromatic heterocycles. The van der Waals surface area contributed by atoms with E-state index < -0.39 is 0 Å². The summed E-state index contributed by atoms with van der Waals surface area (Å²) < 4.78 is 25.3. The number of aryl methyl sites for hydroxylation is 2. The number of nitrogens with zero attached hydrogens (tertiary/aromatic N) is 5. The number of rotatable bonds is 7. The van der Waals surface area contributed by atoms with Crippen LogP contribution in [0.4, 0.5) is 21.5 Å². The molecule has 0 N–H and O–H groups in total. The number of aromatic nitrogens is 4.